The first kappa shape index (κ1) is 11.7. The van der Waals surface area contributed by atoms with Crippen molar-refractivity contribution in [3.05, 3.63) is 76.9 Å². The minimum absolute atomic E-state index is 0.994. The van der Waals surface area contributed by atoms with E-state index in [0.717, 1.165) is 6.42 Å². The number of aryl methyl sites for hydroxylation is 2. The minimum atomic E-state index is 0.994. The summed E-state index contributed by atoms with van der Waals surface area (Å²) in [5.41, 5.74) is 5.33. The Morgan fingerprint density at radius 2 is 1.71 bits per heavy atom. The van der Waals surface area contributed by atoms with Crippen LogP contribution in [0.1, 0.15) is 22.3 Å². The molecule has 0 unspecified atom stereocenters. The van der Waals surface area contributed by atoms with Crippen molar-refractivity contribution in [2.75, 3.05) is 0 Å². The van der Waals surface area contributed by atoms with E-state index in [1.165, 1.54) is 22.3 Å². The molecule has 0 nitrogen and oxygen atoms in total. The van der Waals surface area contributed by atoms with Crippen molar-refractivity contribution in [3.8, 4) is 0 Å². The zero-order valence-corrected chi connectivity index (χ0v) is 10.5. The summed E-state index contributed by atoms with van der Waals surface area (Å²) >= 11 is 0. The highest BCUT2D eigenvalue weighted by molar-refractivity contribution is 5.54. The predicted molar refractivity (Wildman–Crippen MR) is 75.1 cm³/mol. The summed E-state index contributed by atoms with van der Waals surface area (Å²) < 4.78 is 0. The molecule has 0 amide bonds. The van der Waals surface area contributed by atoms with E-state index in [1.54, 1.807) is 0 Å². The summed E-state index contributed by atoms with van der Waals surface area (Å²) in [6, 6.07) is 17.1. The van der Waals surface area contributed by atoms with E-state index in [1.807, 2.05) is 0 Å². The van der Waals surface area contributed by atoms with Gasteiger partial charge in [-0.1, -0.05) is 66.2 Å². The summed E-state index contributed by atoms with van der Waals surface area (Å²) in [4.78, 5) is 0. The average Bonchev–Trinajstić information content (AvgIpc) is 2.33. The van der Waals surface area contributed by atoms with E-state index in [-0.39, 0.29) is 0 Å². The maximum Gasteiger partial charge on any atom is -0.00941 e. The highest BCUT2D eigenvalue weighted by Crippen LogP contribution is 2.12. The molecule has 0 aromatic heterocycles. The first-order valence-corrected chi connectivity index (χ1v) is 6.03. The monoisotopic (exact) mass is 222 g/mol. The third kappa shape index (κ3) is 3.32. The molecule has 0 aliphatic carbocycles. The van der Waals surface area contributed by atoms with Crippen LogP contribution in [0.3, 0.4) is 0 Å². The second-order valence-electron chi connectivity index (χ2n) is 4.45. The van der Waals surface area contributed by atoms with Gasteiger partial charge in [0.2, 0.25) is 0 Å². The SMILES string of the molecule is Cc1ccc(C=CCc2ccccc2)c(C)c1. The number of hydrogen-bond donors (Lipinski definition) is 0. The molecule has 0 heterocycles. The van der Waals surface area contributed by atoms with Gasteiger partial charge in [0.15, 0.2) is 0 Å². The maximum atomic E-state index is 2.23. The quantitative estimate of drug-likeness (QED) is 0.714. The van der Waals surface area contributed by atoms with Crippen molar-refractivity contribution >= 4 is 6.08 Å². The molecular formula is C17H18. The summed E-state index contributed by atoms with van der Waals surface area (Å²) in [5.74, 6) is 0. The fourth-order valence-electron chi connectivity index (χ4n) is 1.95. The molecule has 0 radical (unpaired) electrons. The second-order valence-corrected chi connectivity index (χ2v) is 4.45. The van der Waals surface area contributed by atoms with Gasteiger partial charge in [0.25, 0.3) is 0 Å². The molecule has 2 aromatic carbocycles. The van der Waals surface area contributed by atoms with Crippen molar-refractivity contribution in [2.45, 2.75) is 20.3 Å². The number of benzene rings is 2. The van der Waals surface area contributed by atoms with Crippen molar-refractivity contribution < 1.29 is 0 Å². The first-order chi connectivity index (χ1) is 8.25. The fourth-order valence-corrected chi connectivity index (χ4v) is 1.95. The Kier molecular flexibility index (Phi) is 3.77. The van der Waals surface area contributed by atoms with Crippen molar-refractivity contribution in [2.24, 2.45) is 0 Å². The van der Waals surface area contributed by atoms with E-state index in [9.17, 15) is 0 Å². The van der Waals surface area contributed by atoms with Crippen LogP contribution in [0.25, 0.3) is 6.08 Å². The average molecular weight is 222 g/mol. The molecule has 2 aromatic rings. The van der Waals surface area contributed by atoms with E-state index in [2.05, 4.69) is 74.5 Å². The van der Waals surface area contributed by atoms with Crippen LogP contribution in [0.4, 0.5) is 0 Å². The molecule has 0 fully saturated rings. The molecule has 0 saturated heterocycles. The second kappa shape index (κ2) is 5.49. The molecule has 2 rings (SSSR count). The van der Waals surface area contributed by atoms with Crippen LogP contribution in [-0.4, -0.2) is 0 Å². The van der Waals surface area contributed by atoms with Crippen LogP contribution < -0.4 is 0 Å². The lowest BCUT2D eigenvalue weighted by Gasteiger charge is -2.01. The van der Waals surface area contributed by atoms with Crippen LogP contribution in [0.15, 0.2) is 54.6 Å². The zero-order valence-electron chi connectivity index (χ0n) is 10.5. The van der Waals surface area contributed by atoms with E-state index in [4.69, 9.17) is 0 Å². The molecule has 17 heavy (non-hydrogen) atoms. The lowest BCUT2D eigenvalue weighted by atomic mass is 10.0. The number of hydrogen-bond acceptors (Lipinski definition) is 0. The summed E-state index contributed by atoms with van der Waals surface area (Å²) in [6.45, 7) is 4.29. The molecule has 0 heteroatoms. The Bertz CT molecular complexity index is 507. The van der Waals surface area contributed by atoms with Crippen LogP contribution in [0.5, 0.6) is 0 Å². The van der Waals surface area contributed by atoms with E-state index < -0.39 is 0 Å². The highest BCUT2D eigenvalue weighted by Gasteiger charge is 1.93. The third-order valence-corrected chi connectivity index (χ3v) is 2.92. The predicted octanol–water partition coefficient (Wildman–Crippen LogP) is 4.56. The third-order valence-electron chi connectivity index (χ3n) is 2.92. The topological polar surface area (TPSA) is 0 Å². The first-order valence-electron chi connectivity index (χ1n) is 6.03. The van der Waals surface area contributed by atoms with Gasteiger partial charge in [-0.05, 0) is 37.0 Å². The normalized spacial score (nSPS) is 10.9. The molecule has 0 bridgehead atoms. The Hall–Kier alpha value is -1.82. The van der Waals surface area contributed by atoms with E-state index in [0.29, 0.717) is 0 Å². The lowest BCUT2D eigenvalue weighted by molar-refractivity contribution is 1.28. The Labute approximate surface area is 104 Å². The lowest BCUT2D eigenvalue weighted by Crippen LogP contribution is -1.83. The smallest absolute Gasteiger partial charge is 0.00941 e. The van der Waals surface area contributed by atoms with Gasteiger partial charge in [-0.2, -0.15) is 0 Å². The number of rotatable bonds is 3. The molecule has 0 saturated carbocycles. The van der Waals surface area contributed by atoms with Crippen molar-refractivity contribution in [1.29, 1.82) is 0 Å². The van der Waals surface area contributed by atoms with E-state index >= 15 is 0 Å². The van der Waals surface area contributed by atoms with Crippen LogP contribution >= 0.6 is 0 Å². The fraction of sp³-hybridized carbons (Fsp3) is 0.176. The van der Waals surface area contributed by atoms with Crippen LogP contribution in [-0.2, 0) is 6.42 Å². The largest absolute Gasteiger partial charge is 0.0795 e. The zero-order chi connectivity index (χ0) is 12.1. The van der Waals surface area contributed by atoms with Gasteiger partial charge < -0.3 is 0 Å². The Morgan fingerprint density at radius 1 is 0.941 bits per heavy atom. The molecule has 0 aliphatic heterocycles. The molecular weight excluding hydrogens is 204 g/mol. The van der Waals surface area contributed by atoms with Crippen LogP contribution in [0.2, 0.25) is 0 Å². The Balaban J connectivity index is 2.06. The standard InChI is InChI=1S/C17H18/c1-14-11-12-17(15(2)13-14)10-6-9-16-7-4-3-5-8-16/h3-8,10-13H,9H2,1-2H3. The van der Waals surface area contributed by atoms with Crippen molar-refractivity contribution in [3.63, 3.8) is 0 Å². The summed E-state index contributed by atoms with van der Waals surface area (Å²) in [6.07, 6.45) is 5.43. The van der Waals surface area contributed by atoms with Gasteiger partial charge in [0, 0.05) is 0 Å². The summed E-state index contributed by atoms with van der Waals surface area (Å²) in [7, 11) is 0. The minimum Gasteiger partial charge on any atom is -0.0795 e. The molecule has 0 spiro atoms. The Morgan fingerprint density at radius 3 is 2.41 bits per heavy atom. The molecule has 0 aliphatic rings. The highest BCUT2D eigenvalue weighted by atomic mass is 14.0. The molecule has 0 N–H and O–H groups in total. The van der Waals surface area contributed by atoms with Gasteiger partial charge in [0.1, 0.15) is 0 Å². The van der Waals surface area contributed by atoms with Gasteiger partial charge in [-0.3, -0.25) is 0 Å². The molecule has 0 atom stereocenters. The van der Waals surface area contributed by atoms with Crippen LogP contribution in [0, 0.1) is 13.8 Å². The van der Waals surface area contributed by atoms with Gasteiger partial charge in [0.05, 0.1) is 0 Å². The summed E-state index contributed by atoms with van der Waals surface area (Å²) in [5, 5.41) is 0. The maximum absolute atomic E-state index is 2.23. The molecule has 86 valence electrons. The van der Waals surface area contributed by atoms with Gasteiger partial charge in [-0.15, -0.1) is 0 Å². The van der Waals surface area contributed by atoms with Crippen molar-refractivity contribution in [1.82, 2.24) is 0 Å². The number of allylic oxidation sites excluding steroid dienone is 1. The van der Waals surface area contributed by atoms with Gasteiger partial charge in [-0.25, -0.2) is 0 Å². The van der Waals surface area contributed by atoms with Gasteiger partial charge >= 0.3 is 0 Å².